The van der Waals surface area contributed by atoms with Gasteiger partial charge < -0.3 is 11.7 Å². The van der Waals surface area contributed by atoms with E-state index in [-0.39, 0.29) is 39.7 Å². The van der Waals surface area contributed by atoms with Gasteiger partial charge in [0, 0.05) is 27.1 Å². The van der Waals surface area contributed by atoms with Crippen LogP contribution in [0.25, 0.3) is 0 Å². The third-order valence-electron chi connectivity index (χ3n) is 1.91. The van der Waals surface area contributed by atoms with E-state index in [0.717, 1.165) is 0 Å². The van der Waals surface area contributed by atoms with Gasteiger partial charge in [-0.05, 0) is 0 Å². The Kier molecular flexibility index (Phi) is 6.15. The fourth-order valence-corrected chi connectivity index (χ4v) is 0.650. The van der Waals surface area contributed by atoms with Gasteiger partial charge in [-0.25, -0.2) is 0 Å². The van der Waals surface area contributed by atoms with E-state index < -0.39 is 10.8 Å². The molecule has 0 saturated heterocycles. The van der Waals surface area contributed by atoms with E-state index in [1.807, 2.05) is 20.8 Å². The molecule has 0 aliphatic carbocycles. The van der Waals surface area contributed by atoms with Crippen molar-refractivity contribution in [2.45, 2.75) is 41.0 Å². The summed E-state index contributed by atoms with van der Waals surface area (Å²) in [4.78, 5) is 22.9. The number of Topliss-reactive ketones (excluding diaryl/α,β-unsaturated/α-hetero) is 2. The molecule has 2 nitrogen and oxygen atoms in total. The van der Waals surface area contributed by atoms with Gasteiger partial charge in [0.05, 0.1) is 6.42 Å². The van der Waals surface area contributed by atoms with Crippen LogP contribution in [0.2, 0.25) is 0 Å². The Morgan fingerprint density at radius 3 is 1.57 bits per heavy atom. The summed E-state index contributed by atoms with van der Waals surface area (Å²) in [6, 6.07) is 0. The van der Waals surface area contributed by atoms with E-state index in [2.05, 4.69) is 6.92 Å². The van der Waals surface area contributed by atoms with Gasteiger partial charge in [-0.3, -0.25) is 4.79 Å². The van der Waals surface area contributed by atoms with Crippen LogP contribution < -0.4 is 0 Å². The number of ketones is 2. The monoisotopic (exact) mass is 231 g/mol. The van der Waals surface area contributed by atoms with Crippen LogP contribution in [0.3, 0.4) is 0 Å². The van der Waals surface area contributed by atoms with Crippen LogP contribution in [-0.2, 0) is 31.3 Å². The van der Waals surface area contributed by atoms with Gasteiger partial charge in [-0.2, -0.15) is 0 Å². The third-order valence-corrected chi connectivity index (χ3v) is 1.91. The summed E-state index contributed by atoms with van der Waals surface area (Å²) >= 11 is 0. The summed E-state index contributed by atoms with van der Waals surface area (Å²) in [5.41, 5.74) is -1.08. The average molecular weight is 231 g/mol. The molecule has 0 aromatic rings. The van der Waals surface area contributed by atoms with Crippen molar-refractivity contribution < 1.29 is 31.3 Å². The number of carbonyl (C=O) groups is 2. The molecule has 0 aromatic heterocycles. The molecule has 0 N–H and O–H groups in total. The molecule has 0 aliphatic heterocycles. The summed E-state index contributed by atoms with van der Waals surface area (Å²) in [6.45, 7) is 12.6. The zero-order valence-corrected chi connectivity index (χ0v) is 11.3. The van der Waals surface area contributed by atoms with Crippen LogP contribution in [0, 0.1) is 17.8 Å². The van der Waals surface area contributed by atoms with Gasteiger partial charge in [0.15, 0.2) is 0 Å². The van der Waals surface area contributed by atoms with Crippen molar-refractivity contribution >= 4 is 11.6 Å². The maximum absolute atomic E-state index is 11.5. The first-order valence-electron chi connectivity index (χ1n) is 4.47. The Hall–Kier alpha value is 0.0543. The molecule has 14 heavy (non-hydrogen) atoms. The van der Waals surface area contributed by atoms with Crippen molar-refractivity contribution in [3.8, 4) is 0 Å². The quantitative estimate of drug-likeness (QED) is 0.424. The molecule has 0 heterocycles. The van der Waals surface area contributed by atoms with E-state index in [0.29, 0.717) is 0 Å². The third kappa shape index (κ3) is 5.72. The molecule has 0 radical (unpaired) electrons. The van der Waals surface area contributed by atoms with E-state index in [4.69, 9.17) is 0 Å². The van der Waals surface area contributed by atoms with Gasteiger partial charge in [0.1, 0.15) is 11.6 Å². The molecule has 0 aliphatic rings. The first-order valence-corrected chi connectivity index (χ1v) is 4.47. The largest absolute Gasteiger partial charge is 0.331 e. The second-order valence-corrected chi connectivity index (χ2v) is 5.16. The Morgan fingerprint density at radius 1 is 1.00 bits per heavy atom. The standard InChI is InChI=1S/C11H19O2.Ti/c1-10(2,3)8(12)7-9(13)11(4,5)6;/h1,7H2,2-6H3;/q-1;. The molecule has 0 bridgehead atoms. The molecule has 0 saturated carbocycles. The molecule has 0 spiro atoms. The summed E-state index contributed by atoms with van der Waals surface area (Å²) in [5.74, 6) is -0.110. The Morgan fingerprint density at radius 2 is 1.36 bits per heavy atom. The van der Waals surface area contributed by atoms with Gasteiger partial charge >= 0.3 is 0 Å². The fraction of sp³-hybridized carbons (Fsp3) is 0.727. The zero-order valence-electron chi connectivity index (χ0n) is 9.73. The minimum absolute atomic E-state index is 0. The second-order valence-electron chi connectivity index (χ2n) is 5.16. The van der Waals surface area contributed by atoms with Crippen molar-refractivity contribution in [3.05, 3.63) is 6.92 Å². The maximum atomic E-state index is 11.5. The van der Waals surface area contributed by atoms with E-state index in [1.165, 1.54) is 0 Å². The van der Waals surface area contributed by atoms with Crippen molar-refractivity contribution in [2.24, 2.45) is 10.8 Å². The van der Waals surface area contributed by atoms with Gasteiger partial charge in [0.25, 0.3) is 0 Å². The molecule has 80 valence electrons. The van der Waals surface area contributed by atoms with Gasteiger partial charge in [-0.1, -0.05) is 34.6 Å². The van der Waals surface area contributed by atoms with Crippen molar-refractivity contribution in [1.82, 2.24) is 0 Å². The number of rotatable bonds is 3. The summed E-state index contributed by atoms with van der Waals surface area (Å²) < 4.78 is 0. The van der Waals surface area contributed by atoms with Crippen LogP contribution >= 0.6 is 0 Å². The molecule has 0 rings (SSSR count). The summed E-state index contributed by atoms with van der Waals surface area (Å²) in [5, 5.41) is 0. The maximum Gasteiger partial charge on any atom is 0.145 e. The molecule has 0 amide bonds. The molecular weight excluding hydrogens is 212 g/mol. The molecule has 0 unspecified atom stereocenters. The first kappa shape index (κ1) is 16.5. The predicted octanol–water partition coefficient (Wildman–Crippen LogP) is 2.42. The van der Waals surface area contributed by atoms with Gasteiger partial charge in [-0.15, -0.1) is 5.41 Å². The molecule has 0 aromatic carbocycles. The van der Waals surface area contributed by atoms with Crippen molar-refractivity contribution in [2.75, 3.05) is 0 Å². The summed E-state index contributed by atoms with van der Waals surface area (Å²) in [7, 11) is 0. The molecular formula is C11H19O2Ti-. The zero-order chi connectivity index (χ0) is 10.9. The van der Waals surface area contributed by atoms with Crippen LogP contribution in [0.5, 0.6) is 0 Å². The fourth-order valence-electron chi connectivity index (χ4n) is 0.650. The Labute approximate surface area is 102 Å². The predicted molar refractivity (Wildman–Crippen MR) is 53.2 cm³/mol. The average Bonchev–Trinajstić information content (AvgIpc) is 1.82. The van der Waals surface area contributed by atoms with Gasteiger partial charge in [0.2, 0.25) is 0 Å². The number of carbonyl (C=O) groups excluding carboxylic acids is 2. The Bertz CT molecular complexity index is 194. The van der Waals surface area contributed by atoms with Crippen LogP contribution in [0.4, 0.5) is 0 Å². The summed E-state index contributed by atoms with van der Waals surface area (Å²) in [6.07, 6.45) is -0.000000000000000222. The number of hydrogen-bond acceptors (Lipinski definition) is 2. The van der Waals surface area contributed by atoms with E-state index in [1.54, 1.807) is 13.8 Å². The minimum atomic E-state index is -0.652. The normalized spacial score (nSPS) is 11.9. The second kappa shape index (κ2) is 5.22. The molecule has 3 heteroatoms. The van der Waals surface area contributed by atoms with E-state index in [9.17, 15) is 9.59 Å². The number of hydrogen-bond donors (Lipinski definition) is 0. The van der Waals surface area contributed by atoms with E-state index >= 15 is 0 Å². The van der Waals surface area contributed by atoms with Crippen molar-refractivity contribution in [1.29, 1.82) is 0 Å². The van der Waals surface area contributed by atoms with Crippen LogP contribution in [0.15, 0.2) is 0 Å². The smallest absolute Gasteiger partial charge is 0.145 e. The molecule has 0 fully saturated rings. The SMILES string of the molecule is [CH2-]C(C)(C)C(=O)CC(=O)C(C)(C)C.[Ti]. The minimum Gasteiger partial charge on any atom is -0.331 e. The van der Waals surface area contributed by atoms with Crippen molar-refractivity contribution in [3.63, 3.8) is 0 Å². The van der Waals surface area contributed by atoms with Crippen LogP contribution in [0.1, 0.15) is 41.0 Å². The topological polar surface area (TPSA) is 34.1 Å². The molecule has 0 atom stereocenters. The van der Waals surface area contributed by atoms with Crippen LogP contribution in [-0.4, -0.2) is 11.6 Å². The Balaban J connectivity index is 0. The first-order chi connectivity index (χ1) is 5.55.